The predicted octanol–water partition coefficient (Wildman–Crippen LogP) is 2.72. The zero-order valence-electron chi connectivity index (χ0n) is 13.7. The third-order valence-corrected chi connectivity index (χ3v) is 3.65. The van der Waals surface area contributed by atoms with Gasteiger partial charge in [-0.05, 0) is 12.1 Å². The molecule has 0 radical (unpaired) electrons. The summed E-state index contributed by atoms with van der Waals surface area (Å²) in [6.45, 7) is 1.28. The van der Waals surface area contributed by atoms with E-state index < -0.39 is 12.6 Å². The van der Waals surface area contributed by atoms with E-state index in [-0.39, 0.29) is 12.2 Å². The highest BCUT2D eigenvalue weighted by Gasteiger charge is 2.28. The molecule has 136 valence electrons. The van der Waals surface area contributed by atoms with Crippen molar-refractivity contribution in [3.8, 4) is 17.2 Å². The molecule has 25 heavy (non-hydrogen) atoms. The van der Waals surface area contributed by atoms with Crippen molar-refractivity contribution in [2.24, 2.45) is 0 Å². The van der Waals surface area contributed by atoms with Gasteiger partial charge in [-0.2, -0.15) is 18.3 Å². The summed E-state index contributed by atoms with van der Waals surface area (Å²) in [4.78, 5) is 4.24. The number of methoxy groups -OCH3 is 1. The molecular weight excluding hydrogens is 339 g/mol. The minimum Gasteiger partial charge on any atom is -0.486 e. The molecule has 1 aliphatic heterocycles. The lowest BCUT2D eigenvalue weighted by atomic mass is 10.2. The van der Waals surface area contributed by atoms with Crippen LogP contribution in [0.25, 0.3) is 5.69 Å². The average molecular weight is 357 g/mol. The molecule has 1 aromatic heterocycles. The first kappa shape index (κ1) is 17.5. The molecule has 0 fully saturated rings. The Labute approximate surface area is 142 Å². The van der Waals surface area contributed by atoms with Gasteiger partial charge in [0.05, 0.1) is 18.7 Å². The van der Waals surface area contributed by atoms with E-state index in [0.717, 1.165) is 0 Å². The maximum atomic E-state index is 12.6. The summed E-state index contributed by atoms with van der Waals surface area (Å²) in [5.41, 5.74) is 0.581. The molecule has 6 nitrogen and oxygen atoms in total. The molecule has 2 aromatic rings. The van der Waals surface area contributed by atoms with Gasteiger partial charge in [-0.15, -0.1) is 0 Å². The van der Waals surface area contributed by atoms with Crippen molar-refractivity contribution in [2.75, 3.05) is 26.9 Å². The molecule has 0 N–H and O–H groups in total. The van der Waals surface area contributed by atoms with Gasteiger partial charge in [0.25, 0.3) is 0 Å². The number of halogens is 3. The van der Waals surface area contributed by atoms with E-state index in [9.17, 15) is 13.2 Å². The largest absolute Gasteiger partial charge is 0.486 e. The van der Waals surface area contributed by atoms with Crippen LogP contribution in [0.2, 0.25) is 0 Å². The summed E-state index contributed by atoms with van der Waals surface area (Å²) in [5.74, 6) is 1.83. The van der Waals surface area contributed by atoms with Crippen LogP contribution in [0, 0.1) is 0 Å². The smallest absolute Gasteiger partial charge is 0.389 e. The van der Waals surface area contributed by atoms with Gasteiger partial charge in [0.2, 0.25) is 0 Å². The van der Waals surface area contributed by atoms with Gasteiger partial charge in [-0.3, -0.25) is 0 Å². The van der Waals surface area contributed by atoms with Gasteiger partial charge in [0.1, 0.15) is 19.0 Å². The standard InChI is InChI=1S/C16H18F3N3O3/c1-23-7-5-14-20-15(4-6-16(17,18)19)22(21-14)11-2-3-12-13(10-11)25-9-8-24-12/h2-3,10H,4-9H2,1H3. The normalized spacial score (nSPS) is 13.9. The van der Waals surface area contributed by atoms with Crippen molar-refractivity contribution in [3.63, 3.8) is 0 Å². The van der Waals surface area contributed by atoms with Crippen LogP contribution in [-0.2, 0) is 17.6 Å². The van der Waals surface area contributed by atoms with Gasteiger partial charge in [0, 0.05) is 26.0 Å². The highest BCUT2D eigenvalue weighted by atomic mass is 19.4. The minimum absolute atomic E-state index is 0.250. The third-order valence-electron chi connectivity index (χ3n) is 3.65. The van der Waals surface area contributed by atoms with Gasteiger partial charge >= 0.3 is 6.18 Å². The topological polar surface area (TPSA) is 58.4 Å². The number of nitrogens with zero attached hydrogens (tertiary/aromatic N) is 3. The molecule has 1 aliphatic rings. The highest BCUT2D eigenvalue weighted by molar-refractivity contribution is 5.49. The van der Waals surface area contributed by atoms with Crippen LogP contribution in [0.15, 0.2) is 18.2 Å². The van der Waals surface area contributed by atoms with Crippen molar-refractivity contribution in [3.05, 3.63) is 29.8 Å². The van der Waals surface area contributed by atoms with Crippen molar-refractivity contribution in [1.82, 2.24) is 14.8 Å². The zero-order valence-corrected chi connectivity index (χ0v) is 13.7. The van der Waals surface area contributed by atoms with Crippen LogP contribution in [0.4, 0.5) is 13.2 Å². The number of hydrogen-bond acceptors (Lipinski definition) is 5. The number of aromatic nitrogens is 3. The van der Waals surface area contributed by atoms with E-state index in [1.807, 2.05) is 0 Å². The lowest BCUT2D eigenvalue weighted by Crippen LogP contribution is -2.16. The predicted molar refractivity (Wildman–Crippen MR) is 82.3 cm³/mol. The minimum atomic E-state index is -4.25. The Balaban J connectivity index is 1.90. The highest BCUT2D eigenvalue weighted by Crippen LogP contribution is 2.32. The van der Waals surface area contributed by atoms with Gasteiger partial charge in [-0.25, -0.2) is 9.67 Å². The molecule has 0 saturated carbocycles. The van der Waals surface area contributed by atoms with Crippen LogP contribution in [-0.4, -0.2) is 47.9 Å². The van der Waals surface area contributed by atoms with Gasteiger partial charge in [-0.1, -0.05) is 0 Å². The average Bonchev–Trinajstić information content (AvgIpc) is 3.00. The van der Waals surface area contributed by atoms with Crippen LogP contribution in [0.5, 0.6) is 11.5 Å². The Morgan fingerprint density at radius 1 is 1.16 bits per heavy atom. The van der Waals surface area contributed by atoms with Gasteiger partial charge in [0.15, 0.2) is 17.3 Å². The van der Waals surface area contributed by atoms with Crippen molar-refractivity contribution in [2.45, 2.75) is 25.4 Å². The Morgan fingerprint density at radius 3 is 2.64 bits per heavy atom. The van der Waals surface area contributed by atoms with Crippen molar-refractivity contribution >= 4 is 0 Å². The molecule has 1 aromatic carbocycles. The maximum Gasteiger partial charge on any atom is 0.389 e. The molecule has 0 unspecified atom stereocenters. The van der Waals surface area contributed by atoms with E-state index in [1.165, 1.54) is 4.68 Å². The van der Waals surface area contributed by atoms with Crippen molar-refractivity contribution < 1.29 is 27.4 Å². The van der Waals surface area contributed by atoms with E-state index in [2.05, 4.69) is 10.1 Å². The lowest BCUT2D eigenvalue weighted by Gasteiger charge is -2.19. The number of aryl methyl sites for hydroxylation is 1. The first-order valence-corrected chi connectivity index (χ1v) is 7.87. The summed E-state index contributed by atoms with van der Waals surface area (Å²) >= 11 is 0. The lowest BCUT2D eigenvalue weighted by molar-refractivity contribution is -0.134. The third kappa shape index (κ3) is 4.41. The molecule has 0 aliphatic carbocycles. The Kier molecular flexibility index (Phi) is 5.12. The Bertz CT molecular complexity index is 731. The molecule has 0 bridgehead atoms. The monoisotopic (exact) mass is 357 g/mol. The summed E-state index contributed by atoms with van der Waals surface area (Å²) < 4.78 is 55.2. The first-order chi connectivity index (χ1) is 12.0. The Morgan fingerprint density at radius 2 is 1.92 bits per heavy atom. The molecular formula is C16H18F3N3O3. The van der Waals surface area contributed by atoms with Crippen LogP contribution in [0.3, 0.4) is 0 Å². The summed E-state index contributed by atoms with van der Waals surface area (Å²) in [6.07, 6.45) is -5.04. The molecule has 3 rings (SSSR count). The summed E-state index contributed by atoms with van der Waals surface area (Å²) in [7, 11) is 1.54. The van der Waals surface area contributed by atoms with Crippen LogP contribution >= 0.6 is 0 Å². The zero-order chi connectivity index (χ0) is 17.9. The second kappa shape index (κ2) is 7.30. The number of ether oxygens (including phenoxy) is 3. The molecule has 0 atom stereocenters. The number of hydrogen-bond donors (Lipinski definition) is 0. The van der Waals surface area contributed by atoms with Gasteiger partial charge < -0.3 is 14.2 Å². The number of fused-ring (bicyclic) bond motifs is 1. The number of alkyl halides is 3. The van der Waals surface area contributed by atoms with Crippen LogP contribution < -0.4 is 9.47 Å². The number of rotatable bonds is 6. The van der Waals surface area contributed by atoms with Crippen LogP contribution in [0.1, 0.15) is 18.1 Å². The molecule has 9 heteroatoms. The molecule has 0 spiro atoms. The molecule has 2 heterocycles. The fourth-order valence-corrected chi connectivity index (χ4v) is 2.48. The second-order valence-corrected chi connectivity index (χ2v) is 5.54. The number of benzene rings is 1. The van der Waals surface area contributed by atoms with Crippen molar-refractivity contribution in [1.29, 1.82) is 0 Å². The summed E-state index contributed by atoms with van der Waals surface area (Å²) in [6, 6.07) is 5.13. The summed E-state index contributed by atoms with van der Waals surface area (Å²) in [5, 5.41) is 4.33. The Hall–Kier alpha value is -2.29. The first-order valence-electron chi connectivity index (χ1n) is 7.87. The fourth-order valence-electron chi connectivity index (χ4n) is 2.48. The van der Waals surface area contributed by atoms with E-state index in [4.69, 9.17) is 14.2 Å². The van der Waals surface area contributed by atoms with E-state index >= 15 is 0 Å². The maximum absolute atomic E-state index is 12.6. The van der Waals surface area contributed by atoms with E-state index in [0.29, 0.717) is 49.3 Å². The quantitative estimate of drug-likeness (QED) is 0.796. The fraction of sp³-hybridized carbons (Fsp3) is 0.500. The van der Waals surface area contributed by atoms with E-state index in [1.54, 1.807) is 25.3 Å². The SMILES string of the molecule is COCCc1nc(CCC(F)(F)F)n(-c2ccc3c(c2)OCCO3)n1. The molecule has 0 amide bonds. The second-order valence-electron chi connectivity index (χ2n) is 5.54. The molecule has 0 saturated heterocycles.